The summed E-state index contributed by atoms with van der Waals surface area (Å²) in [4.78, 5) is 0. The van der Waals surface area contributed by atoms with Crippen LogP contribution in [0.3, 0.4) is 0 Å². The first-order valence-corrected chi connectivity index (χ1v) is 16.9. The van der Waals surface area contributed by atoms with Crippen LogP contribution < -0.4 is 0 Å². The van der Waals surface area contributed by atoms with Gasteiger partial charge in [0.2, 0.25) is 0 Å². The number of hydrogen-bond donors (Lipinski definition) is 0. The van der Waals surface area contributed by atoms with Crippen LogP contribution in [0.2, 0.25) is 0 Å². The van der Waals surface area contributed by atoms with Crippen molar-refractivity contribution >= 4 is 29.2 Å². The molecule has 0 atom stereocenters. The summed E-state index contributed by atoms with van der Waals surface area (Å²) in [6.45, 7) is 13.8. The third-order valence-electron chi connectivity index (χ3n) is 5.93. The first kappa shape index (κ1) is 23.9. The van der Waals surface area contributed by atoms with Crippen molar-refractivity contribution < 1.29 is 20.8 Å². The van der Waals surface area contributed by atoms with Crippen molar-refractivity contribution in [3.05, 3.63) is 87.3 Å². The Labute approximate surface area is 201 Å². The van der Waals surface area contributed by atoms with Crippen LogP contribution in [0.4, 0.5) is 0 Å². The number of benzene rings is 2. The molecule has 4 rings (SSSR count). The zero-order chi connectivity index (χ0) is 22.1. The van der Waals surface area contributed by atoms with Crippen LogP contribution in [-0.4, -0.2) is 0 Å². The fourth-order valence-corrected chi connectivity index (χ4v) is 4.53. The van der Waals surface area contributed by atoms with Gasteiger partial charge in [0, 0.05) is 0 Å². The molecule has 0 aromatic heterocycles. The van der Waals surface area contributed by atoms with Crippen molar-refractivity contribution in [3.63, 3.8) is 0 Å². The molecule has 0 fully saturated rings. The first-order chi connectivity index (χ1) is 14.1. The first-order valence-electron chi connectivity index (χ1n) is 10.5. The zero-order valence-electron chi connectivity index (χ0n) is 18.9. The van der Waals surface area contributed by atoms with Crippen LogP contribution in [0.5, 0.6) is 0 Å². The summed E-state index contributed by atoms with van der Waals surface area (Å²) in [6, 6.07) is 9.34. The number of fused-ring (bicyclic) bond motifs is 2. The van der Waals surface area contributed by atoms with E-state index in [4.69, 9.17) is 17.0 Å². The Morgan fingerprint density at radius 1 is 0.700 bits per heavy atom. The summed E-state index contributed by atoms with van der Waals surface area (Å²) in [6.07, 6.45) is 13.8. The van der Waals surface area contributed by atoms with Gasteiger partial charge in [0.15, 0.2) is 0 Å². The Hall–Kier alpha value is -0.747. The molecule has 158 valence electrons. The molecular formula is C27H31Cl2Zr-. The van der Waals surface area contributed by atoms with E-state index in [1.807, 2.05) is 0 Å². The van der Waals surface area contributed by atoms with Gasteiger partial charge in [-0.05, 0) is 34.8 Å². The van der Waals surface area contributed by atoms with E-state index in [1.165, 1.54) is 44.5 Å². The number of allylic oxidation sites excluding steroid dienone is 2. The summed E-state index contributed by atoms with van der Waals surface area (Å²) in [7, 11) is 9.87. The molecule has 0 saturated heterocycles. The molecule has 0 saturated carbocycles. The van der Waals surface area contributed by atoms with Gasteiger partial charge in [0.1, 0.15) is 0 Å². The molecule has 2 aromatic carbocycles. The molecule has 0 bridgehead atoms. The summed E-state index contributed by atoms with van der Waals surface area (Å²) in [5.74, 6) is 0. The van der Waals surface area contributed by atoms with E-state index in [2.05, 4.69) is 96.5 Å². The Kier molecular flexibility index (Phi) is 7.49. The molecule has 0 N–H and O–H groups in total. The SMILES string of the molecule is CC(C)(C)c1ccc([CH-]c2ccc(C(C)(C)C)c3c2CC=C3)c2c1C=CC2.[Cl][Zr][Cl]. The minimum absolute atomic E-state index is 0.177. The van der Waals surface area contributed by atoms with E-state index in [0.29, 0.717) is 0 Å². The van der Waals surface area contributed by atoms with Gasteiger partial charge < -0.3 is 0 Å². The Morgan fingerprint density at radius 2 is 1.07 bits per heavy atom. The molecular weight excluding hydrogens is 486 g/mol. The molecule has 0 amide bonds. The Bertz CT molecular complexity index is 906. The molecule has 3 heteroatoms. The summed E-state index contributed by atoms with van der Waals surface area (Å²) >= 11 is -0.826. The van der Waals surface area contributed by atoms with Gasteiger partial charge in [-0.25, -0.2) is 0 Å². The van der Waals surface area contributed by atoms with Gasteiger partial charge in [0.25, 0.3) is 0 Å². The zero-order valence-corrected chi connectivity index (χ0v) is 22.8. The molecule has 30 heavy (non-hydrogen) atoms. The van der Waals surface area contributed by atoms with Crippen LogP contribution in [0.15, 0.2) is 36.4 Å². The molecule has 2 aliphatic rings. The van der Waals surface area contributed by atoms with Crippen molar-refractivity contribution in [1.82, 2.24) is 0 Å². The fourth-order valence-electron chi connectivity index (χ4n) is 4.53. The van der Waals surface area contributed by atoms with E-state index >= 15 is 0 Å². The average Bonchev–Trinajstić information content (AvgIpc) is 3.30. The van der Waals surface area contributed by atoms with E-state index in [9.17, 15) is 0 Å². The normalized spacial score (nSPS) is 14.1. The van der Waals surface area contributed by atoms with E-state index in [0.717, 1.165) is 12.8 Å². The molecule has 0 nitrogen and oxygen atoms in total. The molecule has 2 aliphatic carbocycles. The molecule has 0 heterocycles. The van der Waals surface area contributed by atoms with Gasteiger partial charge in [-0.15, -0.1) is 29.7 Å². The molecule has 0 unspecified atom stereocenters. The van der Waals surface area contributed by atoms with Crippen LogP contribution in [0.25, 0.3) is 12.2 Å². The monoisotopic (exact) mass is 515 g/mol. The van der Waals surface area contributed by atoms with Gasteiger partial charge in [-0.3, -0.25) is 0 Å². The summed E-state index contributed by atoms with van der Waals surface area (Å²) < 4.78 is 0. The number of halogens is 2. The van der Waals surface area contributed by atoms with Crippen LogP contribution in [-0.2, 0) is 44.5 Å². The van der Waals surface area contributed by atoms with Crippen molar-refractivity contribution in [2.24, 2.45) is 0 Å². The van der Waals surface area contributed by atoms with Gasteiger partial charge in [0.05, 0.1) is 0 Å². The molecule has 0 radical (unpaired) electrons. The van der Waals surface area contributed by atoms with Gasteiger partial charge in [-0.1, -0.05) is 100 Å². The third kappa shape index (κ3) is 5.01. The van der Waals surface area contributed by atoms with Crippen LogP contribution in [0, 0.1) is 6.42 Å². The van der Waals surface area contributed by atoms with Gasteiger partial charge in [-0.2, -0.15) is 0 Å². The molecule has 0 spiro atoms. The predicted molar refractivity (Wildman–Crippen MR) is 130 cm³/mol. The summed E-state index contributed by atoms with van der Waals surface area (Å²) in [5.41, 5.74) is 11.9. The average molecular weight is 518 g/mol. The van der Waals surface area contributed by atoms with Crippen molar-refractivity contribution in [3.8, 4) is 0 Å². The van der Waals surface area contributed by atoms with Crippen molar-refractivity contribution in [2.45, 2.75) is 65.2 Å². The van der Waals surface area contributed by atoms with E-state index < -0.39 is 20.8 Å². The fraction of sp³-hybridized carbons (Fsp3) is 0.370. The Balaban J connectivity index is 0.000000806. The predicted octanol–water partition coefficient (Wildman–Crippen LogP) is 8.40. The van der Waals surface area contributed by atoms with E-state index in [1.54, 1.807) is 0 Å². The second-order valence-corrected chi connectivity index (χ2v) is 13.8. The van der Waals surface area contributed by atoms with Crippen molar-refractivity contribution in [2.75, 3.05) is 0 Å². The Morgan fingerprint density at radius 3 is 1.40 bits per heavy atom. The van der Waals surface area contributed by atoms with Gasteiger partial charge >= 0.3 is 37.9 Å². The second kappa shape index (κ2) is 9.40. The number of rotatable bonds is 2. The standard InChI is InChI=1S/C27H31.2ClH.Zr/c1-26(2,3)24-15-13-18(20-9-7-11-22(20)24)17-19-14-16-25(27(4,5)6)23-12-8-10-21(19)23;;;/h7-8,11-17H,9-10H2,1-6H3;2*1H;/q-1;;;+2/p-2. The molecule has 0 aliphatic heterocycles. The summed E-state index contributed by atoms with van der Waals surface area (Å²) in [5, 5.41) is 0. The number of hydrogen-bond acceptors (Lipinski definition) is 0. The topological polar surface area (TPSA) is 0 Å². The second-order valence-electron chi connectivity index (χ2n) is 10.1. The quantitative estimate of drug-likeness (QED) is 0.351. The third-order valence-corrected chi connectivity index (χ3v) is 5.93. The van der Waals surface area contributed by atoms with Crippen LogP contribution in [0.1, 0.15) is 86.1 Å². The van der Waals surface area contributed by atoms with Crippen LogP contribution >= 0.6 is 17.0 Å². The molecule has 2 aromatic rings. The minimum atomic E-state index is -0.826. The van der Waals surface area contributed by atoms with E-state index in [-0.39, 0.29) is 10.8 Å². The maximum atomic E-state index is 4.93. The maximum absolute atomic E-state index is 4.93. The van der Waals surface area contributed by atoms with Crippen molar-refractivity contribution in [1.29, 1.82) is 0 Å².